The van der Waals surface area contributed by atoms with Crippen LogP contribution < -0.4 is 4.74 Å². The second-order valence-corrected chi connectivity index (χ2v) is 3.16. The van der Waals surface area contributed by atoms with Crippen molar-refractivity contribution < 1.29 is 14.3 Å². The standard InChI is InChI=1S/C9H11ClN2O3/c1-5-11-8(10)6(4-7(13)14-2)9(12-5)15-3/h4H2,1-3H3. The topological polar surface area (TPSA) is 61.3 Å². The average Bonchev–Trinajstić information content (AvgIpc) is 2.21. The lowest BCUT2D eigenvalue weighted by Gasteiger charge is -2.08. The van der Waals surface area contributed by atoms with E-state index in [2.05, 4.69) is 14.7 Å². The maximum absolute atomic E-state index is 11.1. The zero-order chi connectivity index (χ0) is 11.4. The van der Waals surface area contributed by atoms with Gasteiger partial charge in [-0.15, -0.1) is 0 Å². The lowest BCUT2D eigenvalue weighted by atomic mass is 10.2. The first-order chi connectivity index (χ1) is 7.08. The first-order valence-corrected chi connectivity index (χ1v) is 4.60. The molecule has 0 atom stereocenters. The first kappa shape index (κ1) is 11.7. The van der Waals surface area contributed by atoms with Crippen molar-refractivity contribution in [1.29, 1.82) is 0 Å². The molecular formula is C9H11ClN2O3. The number of nitrogens with zero attached hydrogens (tertiary/aromatic N) is 2. The largest absolute Gasteiger partial charge is 0.481 e. The summed E-state index contributed by atoms with van der Waals surface area (Å²) in [6.45, 7) is 1.69. The number of methoxy groups -OCH3 is 2. The highest BCUT2D eigenvalue weighted by Gasteiger charge is 2.16. The second-order valence-electron chi connectivity index (χ2n) is 2.80. The van der Waals surface area contributed by atoms with Crippen molar-refractivity contribution in [3.05, 3.63) is 16.5 Å². The number of aromatic nitrogens is 2. The molecule has 0 amide bonds. The van der Waals surface area contributed by atoms with Gasteiger partial charge in [0, 0.05) is 0 Å². The molecule has 0 saturated carbocycles. The van der Waals surface area contributed by atoms with Crippen LogP contribution in [-0.4, -0.2) is 30.2 Å². The molecule has 0 unspecified atom stereocenters. The fourth-order valence-electron chi connectivity index (χ4n) is 1.07. The summed E-state index contributed by atoms with van der Waals surface area (Å²) >= 11 is 5.88. The Balaban J connectivity index is 3.09. The molecule has 0 saturated heterocycles. The Morgan fingerprint density at radius 2 is 2.07 bits per heavy atom. The Bertz CT molecular complexity index is 382. The maximum Gasteiger partial charge on any atom is 0.310 e. The van der Waals surface area contributed by atoms with Crippen LogP contribution in [0.4, 0.5) is 0 Å². The SMILES string of the molecule is COC(=O)Cc1c(Cl)nc(C)nc1OC. The van der Waals surface area contributed by atoms with Crippen molar-refractivity contribution in [1.82, 2.24) is 9.97 Å². The summed E-state index contributed by atoms with van der Waals surface area (Å²) in [4.78, 5) is 19.0. The van der Waals surface area contributed by atoms with Crippen LogP contribution in [0.2, 0.25) is 5.15 Å². The smallest absolute Gasteiger partial charge is 0.310 e. The van der Waals surface area contributed by atoms with Gasteiger partial charge in [0.1, 0.15) is 11.0 Å². The van der Waals surface area contributed by atoms with Crippen molar-refractivity contribution in [2.75, 3.05) is 14.2 Å². The molecule has 5 nitrogen and oxygen atoms in total. The lowest BCUT2D eigenvalue weighted by molar-refractivity contribution is -0.139. The lowest BCUT2D eigenvalue weighted by Crippen LogP contribution is -2.09. The van der Waals surface area contributed by atoms with E-state index in [9.17, 15) is 4.79 Å². The van der Waals surface area contributed by atoms with Crippen LogP contribution in [0.3, 0.4) is 0 Å². The molecule has 0 fully saturated rings. The van der Waals surface area contributed by atoms with E-state index in [4.69, 9.17) is 16.3 Å². The predicted octanol–water partition coefficient (Wildman–Crippen LogP) is 1.16. The molecule has 6 heteroatoms. The highest BCUT2D eigenvalue weighted by Crippen LogP contribution is 2.23. The molecule has 1 aromatic heterocycles. The van der Waals surface area contributed by atoms with Crippen LogP contribution in [0.15, 0.2) is 0 Å². The van der Waals surface area contributed by atoms with E-state index >= 15 is 0 Å². The molecule has 82 valence electrons. The van der Waals surface area contributed by atoms with Crippen LogP contribution >= 0.6 is 11.6 Å². The van der Waals surface area contributed by atoms with Gasteiger partial charge >= 0.3 is 5.97 Å². The Labute approximate surface area is 92.4 Å². The molecule has 0 radical (unpaired) electrons. The highest BCUT2D eigenvalue weighted by molar-refractivity contribution is 6.30. The summed E-state index contributed by atoms with van der Waals surface area (Å²) < 4.78 is 9.54. The predicted molar refractivity (Wildman–Crippen MR) is 54.1 cm³/mol. The van der Waals surface area contributed by atoms with Crippen molar-refractivity contribution in [2.45, 2.75) is 13.3 Å². The van der Waals surface area contributed by atoms with E-state index in [0.717, 1.165) is 0 Å². The summed E-state index contributed by atoms with van der Waals surface area (Å²) in [5, 5.41) is 0.213. The molecule has 0 aliphatic heterocycles. The van der Waals surface area contributed by atoms with E-state index in [1.54, 1.807) is 6.92 Å². The van der Waals surface area contributed by atoms with Crippen LogP contribution in [0.5, 0.6) is 5.88 Å². The molecule has 1 rings (SSSR count). The number of carbonyl (C=O) groups is 1. The third kappa shape index (κ3) is 2.79. The summed E-state index contributed by atoms with van der Waals surface area (Å²) in [7, 11) is 2.76. The average molecular weight is 231 g/mol. The van der Waals surface area contributed by atoms with E-state index in [-0.39, 0.29) is 11.6 Å². The first-order valence-electron chi connectivity index (χ1n) is 4.22. The van der Waals surface area contributed by atoms with Gasteiger partial charge in [-0.1, -0.05) is 11.6 Å². The van der Waals surface area contributed by atoms with Gasteiger partial charge in [0.25, 0.3) is 0 Å². The second kappa shape index (κ2) is 4.93. The number of halogens is 1. The minimum absolute atomic E-state index is 0.00120. The van der Waals surface area contributed by atoms with Gasteiger partial charge in [-0.25, -0.2) is 4.98 Å². The van der Waals surface area contributed by atoms with Crippen LogP contribution in [-0.2, 0) is 16.0 Å². The fourth-order valence-corrected chi connectivity index (χ4v) is 1.34. The Morgan fingerprint density at radius 3 is 2.60 bits per heavy atom. The molecule has 1 heterocycles. The molecule has 0 N–H and O–H groups in total. The molecule has 0 bridgehead atoms. The Hall–Kier alpha value is -1.36. The van der Waals surface area contributed by atoms with Gasteiger partial charge in [0.15, 0.2) is 0 Å². The number of ether oxygens (including phenoxy) is 2. The molecule has 0 spiro atoms. The third-order valence-corrected chi connectivity index (χ3v) is 2.09. The van der Waals surface area contributed by atoms with Crippen molar-refractivity contribution in [3.63, 3.8) is 0 Å². The third-order valence-electron chi connectivity index (χ3n) is 1.77. The van der Waals surface area contributed by atoms with E-state index < -0.39 is 5.97 Å². The van der Waals surface area contributed by atoms with Crippen molar-refractivity contribution >= 4 is 17.6 Å². The number of carbonyl (C=O) groups excluding carboxylic acids is 1. The number of hydrogen-bond donors (Lipinski definition) is 0. The Morgan fingerprint density at radius 1 is 1.40 bits per heavy atom. The molecule has 0 aromatic carbocycles. The molecule has 0 aliphatic rings. The summed E-state index contributed by atoms with van der Waals surface area (Å²) in [5.41, 5.74) is 0.441. The van der Waals surface area contributed by atoms with Crippen LogP contribution in [0.25, 0.3) is 0 Å². The van der Waals surface area contributed by atoms with Gasteiger partial charge in [0.05, 0.1) is 26.2 Å². The zero-order valence-electron chi connectivity index (χ0n) is 8.70. The van der Waals surface area contributed by atoms with E-state index in [1.807, 2.05) is 0 Å². The summed E-state index contributed by atoms with van der Waals surface area (Å²) in [6, 6.07) is 0. The number of aryl methyl sites for hydroxylation is 1. The normalized spacial score (nSPS) is 9.87. The number of rotatable bonds is 3. The highest BCUT2D eigenvalue weighted by atomic mass is 35.5. The molecule has 15 heavy (non-hydrogen) atoms. The van der Waals surface area contributed by atoms with Gasteiger partial charge in [0.2, 0.25) is 5.88 Å². The molecule has 1 aromatic rings. The minimum atomic E-state index is -0.414. The minimum Gasteiger partial charge on any atom is -0.481 e. The van der Waals surface area contributed by atoms with Gasteiger partial charge in [-0.3, -0.25) is 4.79 Å². The fraction of sp³-hybridized carbons (Fsp3) is 0.444. The van der Waals surface area contributed by atoms with Crippen molar-refractivity contribution in [3.8, 4) is 5.88 Å². The van der Waals surface area contributed by atoms with Gasteiger partial charge in [-0.2, -0.15) is 4.98 Å². The van der Waals surface area contributed by atoms with Gasteiger partial charge < -0.3 is 9.47 Å². The monoisotopic (exact) mass is 230 g/mol. The van der Waals surface area contributed by atoms with Gasteiger partial charge in [-0.05, 0) is 6.92 Å². The van der Waals surface area contributed by atoms with Crippen LogP contribution in [0, 0.1) is 6.92 Å². The summed E-state index contributed by atoms with van der Waals surface area (Å²) in [6.07, 6.45) is -0.00120. The zero-order valence-corrected chi connectivity index (χ0v) is 9.46. The maximum atomic E-state index is 11.1. The quantitative estimate of drug-likeness (QED) is 0.576. The Kier molecular flexibility index (Phi) is 3.85. The van der Waals surface area contributed by atoms with E-state index in [1.165, 1.54) is 14.2 Å². The van der Waals surface area contributed by atoms with E-state index in [0.29, 0.717) is 17.3 Å². The number of hydrogen-bond acceptors (Lipinski definition) is 5. The molecular weight excluding hydrogens is 220 g/mol. The van der Waals surface area contributed by atoms with Crippen molar-refractivity contribution in [2.24, 2.45) is 0 Å². The van der Waals surface area contributed by atoms with Crippen LogP contribution in [0.1, 0.15) is 11.4 Å². The summed E-state index contributed by atoms with van der Waals surface area (Å²) in [5.74, 6) is 0.381. The molecule has 0 aliphatic carbocycles. The number of esters is 1.